The van der Waals surface area contributed by atoms with E-state index < -0.39 is 18.4 Å². The SMILES string of the molecule is CCC[CH2][Sn]([CH2]CCC)([CH2]CCC)[c]1nnn(Cc2ccccc2)c1CC1CCCC1. The van der Waals surface area contributed by atoms with Crippen LogP contribution in [0.4, 0.5) is 0 Å². The van der Waals surface area contributed by atoms with Crippen molar-refractivity contribution in [2.24, 2.45) is 5.92 Å². The zero-order chi connectivity index (χ0) is 21.9. The fourth-order valence-electron chi connectivity index (χ4n) is 5.59. The van der Waals surface area contributed by atoms with Gasteiger partial charge in [0.2, 0.25) is 0 Å². The van der Waals surface area contributed by atoms with E-state index in [0.717, 1.165) is 12.5 Å². The Balaban J connectivity index is 2.00. The molecule has 4 heteroatoms. The van der Waals surface area contributed by atoms with Crippen LogP contribution in [-0.2, 0) is 13.0 Å². The maximum atomic E-state index is 5.09. The molecule has 0 unspecified atom stereocenters. The molecule has 172 valence electrons. The first kappa shape index (κ1) is 24.8. The fourth-order valence-corrected chi connectivity index (χ4v) is 21.7. The summed E-state index contributed by atoms with van der Waals surface area (Å²) in [6.45, 7) is 7.97. The van der Waals surface area contributed by atoms with E-state index in [1.54, 1.807) is 9.40 Å². The molecule has 0 N–H and O–H groups in total. The summed E-state index contributed by atoms with van der Waals surface area (Å²) in [6, 6.07) is 10.9. The fraction of sp³-hybridized carbons (Fsp3) is 0.704. The van der Waals surface area contributed by atoms with Crippen LogP contribution in [0.15, 0.2) is 30.3 Å². The molecule has 1 aromatic carbocycles. The number of hydrogen-bond donors (Lipinski definition) is 0. The monoisotopic (exact) mass is 531 g/mol. The summed E-state index contributed by atoms with van der Waals surface area (Å²) in [5.74, 6) is 0.847. The Kier molecular flexibility index (Phi) is 10.4. The summed E-state index contributed by atoms with van der Waals surface area (Å²) < 4.78 is 8.33. The number of rotatable bonds is 14. The molecule has 1 fully saturated rings. The zero-order valence-electron chi connectivity index (χ0n) is 20.4. The summed E-state index contributed by atoms with van der Waals surface area (Å²) in [4.78, 5) is 0. The Labute approximate surface area is 195 Å². The van der Waals surface area contributed by atoms with Gasteiger partial charge in [-0.2, -0.15) is 0 Å². The Morgan fingerprint density at radius 3 is 2.00 bits per heavy atom. The van der Waals surface area contributed by atoms with E-state index >= 15 is 0 Å². The number of unbranched alkanes of at least 4 members (excludes halogenated alkanes) is 3. The zero-order valence-corrected chi connectivity index (χ0v) is 23.3. The van der Waals surface area contributed by atoms with Crippen molar-refractivity contribution in [2.75, 3.05) is 0 Å². The second kappa shape index (κ2) is 13.0. The van der Waals surface area contributed by atoms with Gasteiger partial charge in [-0.3, -0.25) is 0 Å². The van der Waals surface area contributed by atoms with Crippen LogP contribution in [0.5, 0.6) is 0 Å². The van der Waals surface area contributed by atoms with Gasteiger partial charge in [-0.25, -0.2) is 0 Å². The van der Waals surface area contributed by atoms with E-state index in [9.17, 15) is 0 Å². The number of aromatic nitrogens is 3. The van der Waals surface area contributed by atoms with Gasteiger partial charge in [-0.05, 0) is 0 Å². The summed E-state index contributed by atoms with van der Waals surface area (Å²) in [5.41, 5.74) is 2.90. The van der Waals surface area contributed by atoms with Crippen molar-refractivity contribution in [1.29, 1.82) is 0 Å². The molecule has 0 radical (unpaired) electrons. The van der Waals surface area contributed by atoms with Crippen molar-refractivity contribution in [2.45, 2.75) is 111 Å². The predicted molar refractivity (Wildman–Crippen MR) is 136 cm³/mol. The van der Waals surface area contributed by atoms with Crippen LogP contribution in [0.1, 0.15) is 96.2 Å². The van der Waals surface area contributed by atoms with Gasteiger partial charge in [0.15, 0.2) is 0 Å². The number of hydrogen-bond acceptors (Lipinski definition) is 2. The van der Waals surface area contributed by atoms with E-state index in [1.807, 2.05) is 0 Å². The summed E-state index contributed by atoms with van der Waals surface area (Å²) in [5, 5.41) is 9.95. The molecule has 0 saturated heterocycles. The molecule has 0 spiro atoms. The van der Waals surface area contributed by atoms with Crippen molar-refractivity contribution >= 4 is 22.1 Å². The van der Waals surface area contributed by atoms with Crippen LogP contribution in [0.3, 0.4) is 0 Å². The Hall–Kier alpha value is -0.841. The second-order valence-corrected chi connectivity index (χ2v) is 22.9. The molecule has 31 heavy (non-hydrogen) atoms. The first-order valence-corrected chi connectivity index (χ1v) is 20.7. The molecule has 1 aliphatic rings. The van der Waals surface area contributed by atoms with Crippen molar-refractivity contribution in [3.63, 3.8) is 0 Å². The topological polar surface area (TPSA) is 30.7 Å². The van der Waals surface area contributed by atoms with Gasteiger partial charge in [0.1, 0.15) is 0 Å². The Morgan fingerprint density at radius 2 is 1.45 bits per heavy atom. The van der Waals surface area contributed by atoms with Gasteiger partial charge >= 0.3 is 196 Å². The molecule has 1 saturated carbocycles. The molecule has 1 heterocycles. The molecule has 0 bridgehead atoms. The molecule has 3 rings (SSSR count). The van der Waals surface area contributed by atoms with E-state index in [2.05, 4.69) is 55.8 Å². The minimum atomic E-state index is -2.59. The van der Waals surface area contributed by atoms with Crippen LogP contribution in [0.25, 0.3) is 0 Å². The summed E-state index contributed by atoms with van der Waals surface area (Å²) in [6.07, 6.45) is 14.9. The van der Waals surface area contributed by atoms with Gasteiger partial charge in [0.25, 0.3) is 0 Å². The molecule has 0 atom stereocenters. The van der Waals surface area contributed by atoms with E-state index in [0.29, 0.717) is 0 Å². The molecule has 0 aliphatic heterocycles. The average Bonchev–Trinajstić information content (AvgIpc) is 3.45. The second-order valence-electron chi connectivity index (χ2n) is 9.97. The third kappa shape index (κ3) is 6.82. The first-order chi connectivity index (χ1) is 15.2. The van der Waals surface area contributed by atoms with Crippen LogP contribution in [-0.4, -0.2) is 33.4 Å². The van der Waals surface area contributed by atoms with Gasteiger partial charge in [-0.15, -0.1) is 0 Å². The normalized spacial score (nSPS) is 15.1. The first-order valence-electron chi connectivity index (χ1n) is 13.2. The Bertz CT molecular complexity index is 727. The van der Waals surface area contributed by atoms with E-state index in [4.69, 9.17) is 10.3 Å². The van der Waals surface area contributed by atoms with Gasteiger partial charge in [0, 0.05) is 0 Å². The predicted octanol–water partition coefficient (Wildman–Crippen LogP) is 7.12. The van der Waals surface area contributed by atoms with Crippen molar-refractivity contribution < 1.29 is 0 Å². The molecular formula is C27H45N3Sn. The van der Waals surface area contributed by atoms with Crippen LogP contribution >= 0.6 is 0 Å². The van der Waals surface area contributed by atoms with Crippen LogP contribution < -0.4 is 3.71 Å². The van der Waals surface area contributed by atoms with Crippen molar-refractivity contribution in [3.05, 3.63) is 41.6 Å². The Morgan fingerprint density at radius 1 is 0.871 bits per heavy atom. The average molecular weight is 530 g/mol. The molecular weight excluding hydrogens is 485 g/mol. The molecule has 2 aromatic rings. The molecule has 1 aliphatic carbocycles. The van der Waals surface area contributed by atoms with Crippen LogP contribution in [0.2, 0.25) is 13.3 Å². The molecule has 0 amide bonds. The van der Waals surface area contributed by atoms with Crippen LogP contribution in [0, 0.1) is 5.92 Å². The van der Waals surface area contributed by atoms with Gasteiger partial charge in [-0.1, -0.05) is 0 Å². The standard InChI is InChI=1S/C15H18N3.3C4H9.Sn/c1-2-8-14(9-3-1)12-18-15(11-16-17-18)10-13-6-4-5-7-13;3*1-3-4-2;/h1-3,8-9,13H,4-7,10,12H2;3*1,3-4H2,2H3;. The van der Waals surface area contributed by atoms with E-state index in [-0.39, 0.29) is 0 Å². The van der Waals surface area contributed by atoms with Crippen molar-refractivity contribution in [3.8, 4) is 0 Å². The maximum absolute atomic E-state index is 5.09. The third-order valence-corrected chi connectivity index (χ3v) is 22.7. The van der Waals surface area contributed by atoms with Crippen molar-refractivity contribution in [1.82, 2.24) is 15.0 Å². The van der Waals surface area contributed by atoms with Gasteiger partial charge in [0.05, 0.1) is 0 Å². The molecule has 3 nitrogen and oxygen atoms in total. The third-order valence-electron chi connectivity index (χ3n) is 7.50. The van der Waals surface area contributed by atoms with Gasteiger partial charge < -0.3 is 0 Å². The summed E-state index contributed by atoms with van der Waals surface area (Å²) >= 11 is -2.59. The number of benzene rings is 1. The number of nitrogens with zero attached hydrogens (tertiary/aromatic N) is 3. The van der Waals surface area contributed by atoms with E-state index in [1.165, 1.54) is 89.5 Å². The molecule has 1 aromatic heterocycles. The minimum absolute atomic E-state index is 0.847. The quantitative estimate of drug-likeness (QED) is 0.244. The summed E-state index contributed by atoms with van der Waals surface area (Å²) in [7, 11) is 0.